The SMILES string of the molecule is N#Cc1cccc(-n2ccc(-c3cccnc3)n2)c1. The van der Waals surface area contributed by atoms with Crippen molar-refractivity contribution in [2.24, 2.45) is 0 Å². The van der Waals surface area contributed by atoms with Crippen LogP contribution in [0.25, 0.3) is 16.9 Å². The van der Waals surface area contributed by atoms with Crippen LogP contribution in [-0.4, -0.2) is 14.8 Å². The first-order valence-electron chi connectivity index (χ1n) is 5.83. The number of benzene rings is 1. The van der Waals surface area contributed by atoms with Crippen LogP contribution in [-0.2, 0) is 0 Å². The molecule has 0 aliphatic rings. The highest BCUT2D eigenvalue weighted by Gasteiger charge is 2.04. The quantitative estimate of drug-likeness (QED) is 0.698. The summed E-state index contributed by atoms with van der Waals surface area (Å²) in [5.41, 5.74) is 3.32. The zero-order valence-corrected chi connectivity index (χ0v) is 10.1. The van der Waals surface area contributed by atoms with E-state index in [1.807, 2.05) is 36.5 Å². The van der Waals surface area contributed by atoms with Crippen LogP contribution < -0.4 is 0 Å². The predicted molar refractivity (Wildman–Crippen MR) is 71.5 cm³/mol. The Morgan fingerprint density at radius 1 is 1.11 bits per heavy atom. The predicted octanol–water partition coefficient (Wildman–Crippen LogP) is 2.81. The molecule has 0 aliphatic carbocycles. The lowest BCUT2D eigenvalue weighted by atomic mass is 10.2. The van der Waals surface area contributed by atoms with Gasteiger partial charge in [0.2, 0.25) is 0 Å². The van der Waals surface area contributed by atoms with Gasteiger partial charge in [-0.15, -0.1) is 0 Å². The Morgan fingerprint density at radius 3 is 2.84 bits per heavy atom. The van der Waals surface area contributed by atoms with Gasteiger partial charge in [0.25, 0.3) is 0 Å². The molecule has 0 radical (unpaired) electrons. The molecule has 3 aromatic rings. The highest BCUT2D eigenvalue weighted by atomic mass is 15.3. The van der Waals surface area contributed by atoms with Crippen molar-refractivity contribution in [1.29, 1.82) is 5.26 Å². The molecule has 0 unspecified atom stereocenters. The number of hydrogen-bond acceptors (Lipinski definition) is 3. The molecule has 0 saturated heterocycles. The van der Waals surface area contributed by atoms with E-state index in [0.29, 0.717) is 5.56 Å². The minimum atomic E-state index is 0.621. The van der Waals surface area contributed by atoms with Crippen molar-refractivity contribution in [3.05, 3.63) is 66.6 Å². The minimum Gasteiger partial charge on any atom is -0.264 e. The smallest absolute Gasteiger partial charge is 0.0992 e. The first kappa shape index (κ1) is 11.2. The summed E-state index contributed by atoms with van der Waals surface area (Å²) in [7, 11) is 0. The van der Waals surface area contributed by atoms with Crippen LogP contribution in [0.4, 0.5) is 0 Å². The molecular formula is C15H10N4. The number of hydrogen-bond donors (Lipinski definition) is 0. The normalized spacial score (nSPS) is 10.1. The van der Waals surface area contributed by atoms with E-state index in [-0.39, 0.29) is 0 Å². The summed E-state index contributed by atoms with van der Waals surface area (Å²) in [6.45, 7) is 0. The number of nitriles is 1. The summed E-state index contributed by atoms with van der Waals surface area (Å²) < 4.78 is 1.75. The molecule has 0 aliphatic heterocycles. The third-order valence-electron chi connectivity index (χ3n) is 2.79. The average molecular weight is 246 g/mol. The fourth-order valence-corrected chi connectivity index (χ4v) is 1.85. The van der Waals surface area contributed by atoms with E-state index in [1.165, 1.54) is 0 Å². The van der Waals surface area contributed by atoms with Gasteiger partial charge in [-0.05, 0) is 36.4 Å². The molecule has 2 heterocycles. The van der Waals surface area contributed by atoms with E-state index in [4.69, 9.17) is 5.26 Å². The number of rotatable bonds is 2. The summed E-state index contributed by atoms with van der Waals surface area (Å²) in [6.07, 6.45) is 5.38. The van der Waals surface area contributed by atoms with Crippen LogP contribution in [0.15, 0.2) is 61.1 Å². The summed E-state index contributed by atoms with van der Waals surface area (Å²) in [6, 6.07) is 15.2. The molecular weight excluding hydrogens is 236 g/mol. The summed E-state index contributed by atoms with van der Waals surface area (Å²) in [5, 5.41) is 13.4. The van der Waals surface area contributed by atoms with E-state index in [1.54, 1.807) is 29.2 Å². The van der Waals surface area contributed by atoms with Gasteiger partial charge in [0.1, 0.15) is 0 Å². The van der Waals surface area contributed by atoms with Crippen molar-refractivity contribution in [2.45, 2.75) is 0 Å². The first-order chi connectivity index (χ1) is 9.36. The molecule has 4 nitrogen and oxygen atoms in total. The van der Waals surface area contributed by atoms with Gasteiger partial charge in [-0.3, -0.25) is 4.98 Å². The maximum absolute atomic E-state index is 8.90. The van der Waals surface area contributed by atoms with Crippen molar-refractivity contribution in [1.82, 2.24) is 14.8 Å². The topological polar surface area (TPSA) is 54.5 Å². The monoisotopic (exact) mass is 246 g/mol. The van der Waals surface area contributed by atoms with Crippen LogP contribution in [0, 0.1) is 11.3 Å². The van der Waals surface area contributed by atoms with E-state index in [9.17, 15) is 0 Å². The second-order valence-corrected chi connectivity index (χ2v) is 4.05. The Morgan fingerprint density at radius 2 is 2.05 bits per heavy atom. The third-order valence-corrected chi connectivity index (χ3v) is 2.79. The lowest BCUT2D eigenvalue weighted by Crippen LogP contribution is -1.95. The minimum absolute atomic E-state index is 0.621. The van der Waals surface area contributed by atoms with Crippen molar-refractivity contribution >= 4 is 0 Å². The molecule has 0 amide bonds. The molecule has 90 valence electrons. The van der Waals surface area contributed by atoms with Gasteiger partial charge in [-0.25, -0.2) is 4.68 Å². The molecule has 0 saturated carbocycles. The average Bonchev–Trinajstić information content (AvgIpc) is 2.98. The van der Waals surface area contributed by atoms with Gasteiger partial charge < -0.3 is 0 Å². The zero-order chi connectivity index (χ0) is 13.1. The second kappa shape index (κ2) is 4.75. The summed E-state index contributed by atoms with van der Waals surface area (Å²) in [4.78, 5) is 4.08. The van der Waals surface area contributed by atoms with E-state index >= 15 is 0 Å². The molecule has 0 atom stereocenters. The largest absolute Gasteiger partial charge is 0.264 e. The summed E-state index contributed by atoms with van der Waals surface area (Å²) in [5.74, 6) is 0. The van der Waals surface area contributed by atoms with Crippen LogP contribution in [0.1, 0.15) is 5.56 Å². The van der Waals surface area contributed by atoms with Crippen molar-refractivity contribution in [3.8, 4) is 23.0 Å². The Labute approximate surface area is 110 Å². The highest BCUT2D eigenvalue weighted by Crippen LogP contribution is 2.17. The van der Waals surface area contributed by atoms with Crippen molar-refractivity contribution in [2.75, 3.05) is 0 Å². The lowest BCUT2D eigenvalue weighted by molar-refractivity contribution is 0.883. The Bertz CT molecular complexity index is 738. The van der Waals surface area contributed by atoms with E-state index in [2.05, 4.69) is 16.2 Å². The van der Waals surface area contributed by atoms with Gasteiger partial charge in [0, 0.05) is 24.2 Å². The van der Waals surface area contributed by atoms with Crippen molar-refractivity contribution in [3.63, 3.8) is 0 Å². The maximum Gasteiger partial charge on any atom is 0.0992 e. The van der Waals surface area contributed by atoms with E-state index < -0.39 is 0 Å². The molecule has 19 heavy (non-hydrogen) atoms. The van der Waals surface area contributed by atoms with Crippen LogP contribution in [0.2, 0.25) is 0 Å². The van der Waals surface area contributed by atoms with Crippen LogP contribution >= 0.6 is 0 Å². The van der Waals surface area contributed by atoms with Gasteiger partial charge in [-0.1, -0.05) is 6.07 Å². The standard InChI is InChI=1S/C15H10N4/c16-10-12-3-1-5-14(9-12)19-8-6-15(18-19)13-4-2-7-17-11-13/h1-9,11H. The molecule has 0 N–H and O–H groups in total. The van der Waals surface area contributed by atoms with Crippen LogP contribution in [0.5, 0.6) is 0 Å². The van der Waals surface area contributed by atoms with Crippen molar-refractivity contribution < 1.29 is 0 Å². The fraction of sp³-hybridized carbons (Fsp3) is 0. The third kappa shape index (κ3) is 2.22. The molecule has 2 aromatic heterocycles. The number of nitrogens with zero attached hydrogens (tertiary/aromatic N) is 4. The Kier molecular flexibility index (Phi) is 2.79. The molecule has 0 bridgehead atoms. The Balaban J connectivity index is 2.00. The molecule has 0 spiro atoms. The van der Waals surface area contributed by atoms with Gasteiger partial charge in [0.05, 0.1) is 23.0 Å². The number of pyridine rings is 1. The van der Waals surface area contributed by atoms with E-state index in [0.717, 1.165) is 16.9 Å². The van der Waals surface area contributed by atoms with Crippen LogP contribution in [0.3, 0.4) is 0 Å². The molecule has 1 aromatic carbocycles. The maximum atomic E-state index is 8.90. The van der Waals surface area contributed by atoms with Gasteiger partial charge in [-0.2, -0.15) is 10.4 Å². The number of aromatic nitrogens is 3. The van der Waals surface area contributed by atoms with Gasteiger partial charge in [0.15, 0.2) is 0 Å². The zero-order valence-electron chi connectivity index (χ0n) is 10.1. The molecule has 3 rings (SSSR count). The first-order valence-corrected chi connectivity index (χ1v) is 5.83. The highest BCUT2D eigenvalue weighted by molar-refractivity contribution is 5.57. The molecule has 4 heteroatoms. The molecule has 0 fully saturated rings. The fourth-order valence-electron chi connectivity index (χ4n) is 1.85. The summed E-state index contributed by atoms with van der Waals surface area (Å²) >= 11 is 0. The van der Waals surface area contributed by atoms with Gasteiger partial charge >= 0.3 is 0 Å². The Hall–Kier alpha value is -2.93. The second-order valence-electron chi connectivity index (χ2n) is 4.05. The lowest BCUT2D eigenvalue weighted by Gasteiger charge is -2.01.